The Bertz CT molecular complexity index is 257. The minimum absolute atomic E-state index is 0.0874. The van der Waals surface area contributed by atoms with Crippen LogP contribution < -0.4 is 5.32 Å². The quantitative estimate of drug-likeness (QED) is 0.778. The van der Waals surface area contributed by atoms with Crippen LogP contribution in [0.1, 0.15) is 54.9 Å². The molecule has 1 aliphatic heterocycles. The van der Waals surface area contributed by atoms with Gasteiger partial charge in [-0.2, -0.15) is 0 Å². The van der Waals surface area contributed by atoms with Gasteiger partial charge in [0.15, 0.2) is 0 Å². The zero-order chi connectivity index (χ0) is 12.8. The molecule has 1 saturated heterocycles. The summed E-state index contributed by atoms with van der Waals surface area (Å²) in [5, 5.41) is 13.3. The SMILES string of the molecule is CC(O)C(C)(C)NC1CC(C)(C)OC1(C)C. The van der Waals surface area contributed by atoms with Crippen molar-refractivity contribution in [2.24, 2.45) is 0 Å². The van der Waals surface area contributed by atoms with Crippen LogP contribution in [0.3, 0.4) is 0 Å². The Kier molecular flexibility index (Phi) is 3.46. The molecule has 3 heteroatoms. The highest BCUT2D eigenvalue weighted by Gasteiger charge is 2.47. The fourth-order valence-electron chi connectivity index (χ4n) is 2.36. The predicted molar refractivity (Wildman–Crippen MR) is 66.5 cm³/mol. The maximum atomic E-state index is 9.74. The highest BCUT2D eigenvalue weighted by Crippen LogP contribution is 2.38. The van der Waals surface area contributed by atoms with Crippen molar-refractivity contribution < 1.29 is 9.84 Å². The third kappa shape index (κ3) is 2.96. The summed E-state index contributed by atoms with van der Waals surface area (Å²) in [5.74, 6) is 0. The molecule has 0 bridgehead atoms. The van der Waals surface area contributed by atoms with E-state index in [0.717, 1.165) is 6.42 Å². The van der Waals surface area contributed by atoms with E-state index in [1.165, 1.54) is 0 Å². The number of ether oxygens (including phenoxy) is 1. The van der Waals surface area contributed by atoms with Gasteiger partial charge in [0, 0.05) is 11.6 Å². The number of hydrogen-bond donors (Lipinski definition) is 2. The zero-order valence-corrected chi connectivity index (χ0v) is 11.7. The van der Waals surface area contributed by atoms with Gasteiger partial charge in [0.05, 0.1) is 17.3 Å². The van der Waals surface area contributed by atoms with Crippen molar-refractivity contribution >= 4 is 0 Å². The van der Waals surface area contributed by atoms with Crippen LogP contribution in [0, 0.1) is 0 Å². The molecule has 0 radical (unpaired) electrons. The van der Waals surface area contributed by atoms with Crippen LogP contribution in [0.2, 0.25) is 0 Å². The van der Waals surface area contributed by atoms with Gasteiger partial charge in [-0.05, 0) is 54.9 Å². The van der Waals surface area contributed by atoms with Gasteiger partial charge >= 0.3 is 0 Å². The lowest BCUT2D eigenvalue weighted by molar-refractivity contribution is -0.0729. The molecule has 1 fully saturated rings. The summed E-state index contributed by atoms with van der Waals surface area (Å²) in [6.45, 7) is 14.3. The van der Waals surface area contributed by atoms with Crippen molar-refractivity contribution in [2.45, 2.75) is 83.8 Å². The van der Waals surface area contributed by atoms with E-state index in [1.54, 1.807) is 0 Å². The first-order valence-electron chi connectivity index (χ1n) is 6.12. The molecule has 0 aliphatic carbocycles. The van der Waals surface area contributed by atoms with E-state index < -0.39 is 0 Å². The van der Waals surface area contributed by atoms with E-state index in [1.807, 2.05) is 20.8 Å². The van der Waals surface area contributed by atoms with Crippen molar-refractivity contribution in [1.82, 2.24) is 5.32 Å². The van der Waals surface area contributed by atoms with E-state index in [-0.39, 0.29) is 28.9 Å². The van der Waals surface area contributed by atoms with Gasteiger partial charge < -0.3 is 15.2 Å². The second-order valence-electron chi connectivity index (χ2n) is 6.76. The molecular formula is C13H27NO2. The Morgan fingerprint density at radius 3 is 2.12 bits per heavy atom. The molecule has 2 N–H and O–H groups in total. The van der Waals surface area contributed by atoms with Crippen molar-refractivity contribution in [3.63, 3.8) is 0 Å². The Balaban J connectivity index is 2.76. The van der Waals surface area contributed by atoms with E-state index in [2.05, 4.69) is 33.0 Å². The maximum absolute atomic E-state index is 9.74. The molecule has 0 aromatic heterocycles. The molecule has 1 heterocycles. The number of nitrogens with one attached hydrogen (secondary N) is 1. The Morgan fingerprint density at radius 2 is 1.81 bits per heavy atom. The maximum Gasteiger partial charge on any atom is 0.0787 e. The van der Waals surface area contributed by atoms with Gasteiger partial charge in [0.1, 0.15) is 0 Å². The summed E-state index contributed by atoms with van der Waals surface area (Å²) in [7, 11) is 0. The smallest absolute Gasteiger partial charge is 0.0787 e. The summed E-state index contributed by atoms with van der Waals surface area (Å²) in [5.41, 5.74) is -0.558. The third-order valence-electron chi connectivity index (χ3n) is 3.66. The Hall–Kier alpha value is -0.120. The van der Waals surface area contributed by atoms with Gasteiger partial charge in [-0.1, -0.05) is 0 Å². The van der Waals surface area contributed by atoms with E-state index in [9.17, 15) is 5.11 Å². The molecule has 1 rings (SSSR count). The van der Waals surface area contributed by atoms with Crippen LogP contribution >= 0.6 is 0 Å². The highest BCUT2D eigenvalue weighted by molar-refractivity contribution is 5.02. The third-order valence-corrected chi connectivity index (χ3v) is 3.66. The molecule has 1 aliphatic rings. The first-order chi connectivity index (χ1) is 6.96. The van der Waals surface area contributed by atoms with Gasteiger partial charge in [0.25, 0.3) is 0 Å². The lowest BCUT2D eigenvalue weighted by Crippen LogP contribution is -2.57. The van der Waals surface area contributed by atoms with Crippen LogP contribution in [0.5, 0.6) is 0 Å². The standard InChI is InChI=1S/C13H27NO2/c1-9(15)12(4,5)14-10-8-11(2,3)16-13(10,6)7/h9-10,14-15H,8H2,1-7H3. The number of aliphatic hydroxyl groups is 1. The summed E-state index contributed by atoms with van der Waals surface area (Å²) >= 11 is 0. The van der Waals surface area contributed by atoms with Crippen LogP contribution in [0.25, 0.3) is 0 Å². The minimum Gasteiger partial charge on any atom is -0.392 e. The monoisotopic (exact) mass is 229 g/mol. The van der Waals surface area contributed by atoms with Gasteiger partial charge in [-0.3, -0.25) is 0 Å². The highest BCUT2D eigenvalue weighted by atomic mass is 16.5. The molecule has 2 atom stereocenters. The molecule has 0 spiro atoms. The fourth-order valence-corrected chi connectivity index (χ4v) is 2.36. The second kappa shape index (κ2) is 3.97. The van der Waals surface area contributed by atoms with Crippen molar-refractivity contribution in [3.05, 3.63) is 0 Å². The van der Waals surface area contributed by atoms with Crippen LogP contribution in [-0.4, -0.2) is 34.0 Å². The summed E-state index contributed by atoms with van der Waals surface area (Å²) in [4.78, 5) is 0. The number of aliphatic hydroxyl groups excluding tert-OH is 1. The van der Waals surface area contributed by atoms with Gasteiger partial charge in [-0.25, -0.2) is 0 Å². The molecule has 16 heavy (non-hydrogen) atoms. The number of hydrogen-bond acceptors (Lipinski definition) is 3. The van der Waals surface area contributed by atoms with Gasteiger partial charge in [-0.15, -0.1) is 0 Å². The van der Waals surface area contributed by atoms with Crippen molar-refractivity contribution in [2.75, 3.05) is 0 Å². The molecule has 3 nitrogen and oxygen atoms in total. The Labute approximate surface area is 99.6 Å². The first-order valence-corrected chi connectivity index (χ1v) is 6.12. The summed E-state index contributed by atoms with van der Waals surface area (Å²) in [6, 6.07) is 0.270. The fraction of sp³-hybridized carbons (Fsp3) is 1.00. The Morgan fingerprint density at radius 1 is 1.31 bits per heavy atom. The van der Waals surface area contributed by atoms with Crippen molar-refractivity contribution in [1.29, 1.82) is 0 Å². The van der Waals surface area contributed by atoms with Crippen LogP contribution in [0.15, 0.2) is 0 Å². The summed E-state index contributed by atoms with van der Waals surface area (Å²) in [6.07, 6.45) is 0.586. The molecule has 2 unspecified atom stereocenters. The number of rotatable bonds is 3. The largest absolute Gasteiger partial charge is 0.392 e. The van der Waals surface area contributed by atoms with Crippen molar-refractivity contribution in [3.8, 4) is 0 Å². The first kappa shape index (κ1) is 13.9. The second-order valence-corrected chi connectivity index (χ2v) is 6.76. The minimum atomic E-state index is -0.382. The average molecular weight is 229 g/mol. The molecule has 96 valence electrons. The molecule has 0 aromatic rings. The topological polar surface area (TPSA) is 41.5 Å². The van der Waals surface area contributed by atoms with Crippen LogP contribution in [-0.2, 0) is 4.74 Å². The van der Waals surface area contributed by atoms with E-state index in [4.69, 9.17) is 4.74 Å². The molecular weight excluding hydrogens is 202 g/mol. The molecule has 0 amide bonds. The molecule has 0 aromatic carbocycles. The van der Waals surface area contributed by atoms with Gasteiger partial charge in [0.2, 0.25) is 0 Å². The van der Waals surface area contributed by atoms with E-state index >= 15 is 0 Å². The normalized spacial score (nSPS) is 30.4. The van der Waals surface area contributed by atoms with Crippen LogP contribution in [0.4, 0.5) is 0 Å². The zero-order valence-electron chi connectivity index (χ0n) is 11.7. The lowest BCUT2D eigenvalue weighted by atomic mass is 9.89. The van der Waals surface area contributed by atoms with E-state index in [0.29, 0.717) is 0 Å². The summed E-state index contributed by atoms with van der Waals surface area (Å²) < 4.78 is 6.03. The predicted octanol–water partition coefficient (Wildman–Crippen LogP) is 2.08. The average Bonchev–Trinajstić information content (AvgIpc) is 2.17. The lowest BCUT2D eigenvalue weighted by Gasteiger charge is -2.37. The molecule has 0 saturated carbocycles.